The van der Waals surface area contributed by atoms with E-state index in [2.05, 4.69) is 9.97 Å². The summed E-state index contributed by atoms with van der Waals surface area (Å²) in [5.41, 5.74) is 7.93. The van der Waals surface area contributed by atoms with E-state index in [0.717, 1.165) is 17.7 Å². The standard InChI is InChI=1S/C24H17F3N4O2/c25-24(26,27)18-6-3-15(4-7-18)9-11-33-21-8-5-16(14-30-21)19-12-17(13-28)23(29)31-22(19)20-2-1-10-32-20/h1-8,10,12,14H,9,11H2,(H2,29,31). The fraction of sp³-hybridized carbons (Fsp3) is 0.125. The quantitative estimate of drug-likeness (QED) is 0.417. The highest BCUT2D eigenvalue weighted by Gasteiger charge is 2.29. The molecule has 0 aliphatic heterocycles. The highest BCUT2D eigenvalue weighted by atomic mass is 19.4. The van der Waals surface area contributed by atoms with Crippen LogP contribution in [-0.2, 0) is 12.6 Å². The second-order valence-corrected chi connectivity index (χ2v) is 7.08. The lowest BCUT2D eigenvalue weighted by molar-refractivity contribution is -0.137. The van der Waals surface area contributed by atoms with Crippen molar-refractivity contribution < 1.29 is 22.3 Å². The molecule has 0 aliphatic carbocycles. The van der Waals surface area contributed by atoms with Gasteiger partial charge in [0.15, 0.2) is 5.76 Å². The van der Waals surface area contributed by atoms with E-state index < -0.39 is 11.7 Å². The van der Waals surface area contributed by atoms with Crippen molar-refractivity contribution in [3.63, 3.8) is 0 Å². The molecule has 33 heavy (non-hydrogen) atoms. The number of furan rings is 1. The van der Waals surface area contributed by atoms with Gasteiger partial charge in [-0.2, -0.15) is 18.4 Å². The molecule has 0 radical (unpaired) electrons. The predicted octanol–water partition coefficient (Wildman–Crippen LogP) is 5.50. The van der Waals surface area contributed by atoms with Crippen LogP contribution in [0.4, 0.5) is 19.0 Å². The lowest BCUT2D eigenvalue weighted by atomic mass is 10.0. The number of nitrogen functional groups attached to an aromatic ring is 1. The Morgan fingerprint density at radius 1 is 1.09 bits per heavy atom. The normalized spacial score (nSPS) is 11.2. The number of hydrogen-bond donors (Lipinski definition) is 1. The van der Waals surface area contributed by atoms with Crippen LogP contribution >= 0.6 is 0 Å². The Hall–Kier alpha value is -4.32. The summed E-state index contributed by atoms with van der Waals surface area (Å²) in [6.45, 7) is 0.247. The van der Waals surface area contributed by atoms with Crippen molar-refractivity contribution in [3.8, 4) is 34.5 Å². The average Bonchev–Trinajstić information content (AvgIpc) is 3.34. The smallest absolute Gasteiger partial charge is 0.416 e. The van der Waals surface area contributed by atoms with E-state index in [1.807, 2.05) is 6.07 Å². The molecule has 6 nitrogen and oxygen atoms in total. The maximum atomic E-state index is 12.7. The van der Waals surface area contributed by atoms with Crippen LogP contribution in [0.25, 0.3) is 22.6 Å². The minimum absolute atomic E-state index is 0.101. The largest absolute Gasteiger partial charge is 0.477 e. The third-order valence-corrected chi connectivity index (χ3v) is 4.90. The number of nitrogens with zero attached hydrogens (tertiary/aromatic N) is 3. The van der Waals surface area contributed by atoms with Gasteiger partial charge in [0.05, 0.1) is 24.0 Å². The number of anilines is 1. The molecule has 4 rings (SSSR count). The molecule has 0 saturated carbocycles. The highest BCUT2D eigenvalue weighted by molar-refractivity contribution is 5.81. The molecule has 0 fully saturated rings. The summed E-state index contributed by atoms with van der Waals surface area (Å²) in [4.78, 5) is 8.61. The molecular weight excluding hydrogens is 433 g/mol. The van der Waals surface area contributed by atoms with E-state index in [0.29, 0.717) is 34.9 Å². The highest BCUT2D eigenvalue weighted by Crippen LogP contribution is 2.33. The van der Waals surface area contributed by atoms with E-state index >= 15 is 0 Å². The first kappa shape index (κ1) is 21.9. The van der Waals surface area contributed by atoms with E-state index in [4.69, 9.17) is 14.9 Å². The summed E-state index contributed by atoms with van der Waals surface area (Å²) in [6.07, 6.45) is -0.835. The topological polar surface area (TPSA) is 98.0 Å². The van der Waals surface area contributed by atoms with Gasteiger partial charge in [-0.1, -0.05) is 12.1 Å². The third-order valence-electron chi connectivity index (χ3n) is 4.90. The summed E-state index contributed by atoms with van der Waals surface area (Å²) in [5.74, 6) is 0.955. The van der Waals surface area contributed by atoms with Gasteiger partial charge in [-0.05, 0) is 42.0 Å². The molecule has 4 aromatic rings. The van der Waals surface area contributed by atoms with Gasteiger partial charge in [0.1, 0.15) is 17.6 Å². The van der Waals surface area contributed by atoms with Crippen molar-refractivity contribution in [2.24, 2.45) is 0 Å². The van der Waals surface area contributed by atoms with Crippen LogP contribution in [0.5, 0.6) is 5.88 Å². The first-order valence-corrected chi connectivity index (χ1v) is 9.85. The van der Waals surface area contributed by atoms with Crippen molar-refractivity contribution in [2.45, 2.75) is 12.6 Å². The SMILES string of the molecule is N#Cc1cc(-c2ccc(OCCc3ccc(C(F)(F)F)cc3)nc2)c(-c2ccco2)nc1N. The van der Waals surface area contributed by atoms with E-state index in [9.17, 15) is 18.4 Å². The van der Waals surface area contributed by atoms with Crippen molar-refractivity contribution in [3.05, 3.63) is 83.7 Å². The van der Waals surface area contributed by atoms with E-state index in [1.54, 1.807) is 36.5 Å². The number of pyridine rings is 2. The van der Waals surface area contributed by atoms with Crippen molar-refractivity contribution in [1.29, 1.82) is 5.26 Å². The summed E-state index contributed by atoms with van der Waals surface area (Å²) in [5, 5.41) is 9.32. The van der Waals surface area contributed by atoms with E-state index in [1.165, 1.54) is 18.4 Å². The lowest BCUT2D eigenvalue weighted by Gasteiger charge is -2.11. The van der Waals surface area contributed by atoms with Gasteiger partial charge >= 0.3 is 6.18 Å². The number of nitrogens with two attached hydrogens (primary N) is 1. The molecule has 0 bridgehead atoms. The summed E-state index contributed by atoms with van der Waals surface area (Å²) < 4.78 is 49.0. The Bertz CT molecular complexity index is 1280. The number of benzene rings is 1. The maximum absolute atomic E-state index is 12.7. The zero-order chi connectivity index (χ0) is 23.4. The first-order chi connectivity index (χ1) is 15.8. The Morgan fingerprint density at radius 2 is 1.88 bits per heavy atom. The van der Waals surface area contributed by atoms with E-state index in [-0.39, 0.29) is 18.0 Å². The van der Waals surface area contributed by atoms with Crippen LogP contribution in [-0.4, -0.2) is 16.6 Å². The van der Waals surface area contributed by atoms with Crippen LogP contribution in [0.2, 0.25) is 0 Å². The second-order valence-electron chi connectivity index (χ2n) is 7.08. The molecule has 3 heterocycles. The molecule has 0 spiro atoms. The Labute approximate surface area is 187 Å². The minimum Gasteiger partial charge on any atom is -0.477 e. The molecule has 2 N–H and O–H groups in total. The Morgan fingerprint density at radius 3 is 2.48 bits per heavy atom. The van der Waals surface area contributed by atoms with Crippen molar-refractivity contribution >= 4 is 5.82 Å². The fourth-order valence-electron chi connectivity index (χ4n) is 3.20. The fourth-order valence-corrected chi connectivity index (χ4v) is 3.20. The summed E-state index contributed by atoms with van der Waals surface area (Å²) in [6, 6.07) is 15.5. The molecule has 0 atom stereocenters. The monoisotopic (exact) mass is 450 g/mol. The molecule has 166 valence electrons. The van der Waals surface area contributed by atoms with Crippen LogP contribution in [0.3, 0.4) is 0 Å². The van der Waals surface area contributed by atoms with Crippen LogP contribution < -0.4 is 10.5 Å². The van der Waals surface area contributed by atoms with Gasteiger partial charge in [0, 0.05) is 29.8 Å². The predicted molar refractivity (Wildman–Crippen MR) is 115 cm³/mol. The Balaban J connectivity index is 1.47. The second kappa shape index (κ2) is 9.04. The van der Waals surface area contributed by atoms with Gasteiger partial charge in [-0.25, -0.2) is 9.97 Å². The lowest BCUT2D eigenvalue weighted by Crippen LogP contribution is -2.06. The molecule has 9 heteroatoms. The molecule has 3 aromatic heterocycles. The number of halogens is 3. The first-order valence-electron chi connectivity index (χ1n) is 9.85. The molecule has 0 saturated heterocycles. The molecular formula is C24H17F3N4O2. The zero-order valence-corrected chi connectivity index (χ0v) is 17.1. The number of hydrogen-bond acceptors (Lipinski definition) is 6. The van der Waals surface area contributed by atoms with Gasteiger partial charge in [-0.3, -0.25) is 0 Å². The number of nitriles is 1. The Kier molecular flexibility index (Phi) is 6.00. The van der Waals surface area contributed by atoms with Crippen molar-refractivity contribution in [2.75, 3.05) is 12.3 Å². The molecule has 0 amide bonds. The van der Waals surface area contributed by atoms with Gasteiger partial charge < -0.3 is 14.9 Å². The zero-order valence-electron chi connectivity index (χ0n) is 17.1. The number of ether oxygens (including phenoxy) is 1. The molecule has 0 aliphatic rings. The summed E-state index contributed by atoms with van der Waals surface area (Å²) >= 11 is 0. The summed E-state index contributed by atoms with van der Waals surface area (Å²) in [7, 11) is 0. The number of aromatic nitrogens is 2. The third kappa shape index (κ3) is 4.96. The molecule has 1 aromatic carbocycles. The maximum Gasteiger partial charge on any atom is 0.416 e. The van der Waals surface area contributed by atoms with Crippen LogP contribution in [0.15, 0.2) is 71.5 Å². The molecule has 0 unspecified atom stereocenters. The van der Waals surface area contributed by atoms with Gasteiger partial charge in [0.25, 0.3) is 0 Å². The number of rotatable bonds is 6. The van der Waals surface area contributed by atoms with Crippen molar-refractivity contribution in [1.82, 2.24) is 9.97 Å². The average molecular weight is 450 g/mol. The van der Waals surface area contributed by atoms with Crippen LogP contribution in [0, 0.1) is 11.3 Å². The minimum atomic E-state index is -4.36. The van der Waals surface area contributed by atoms with Gasteiger partial charge in [0.2, 0.25) is 5.88 Å². The van der Waals surface area contributed by atoms with Gasteiger partial charge in [-0.15, -0.1) is 0 Å². The van der Waals surface area contributed by atoms with Crippen LogP contribution in [0.1, 0.15) is 16.7 Å². The number of alkyl halides is 3.